The fourth-order valence-electron chi connectivity index (χ4n) is 3.01. The van der Waals surface area contributed by atoms with Crippen LogP contribution < -0.4 is 5.73 Å². The Kier molecular flexibility index (Phi) is 5.54. The van der Waals surface area contributed by atoms with E-state index in [4.69, 9.17) is 5.73 Å². The Balaban J connectivity index is 1.60. The van der Waals surface area contributed by atoms with Gasteiger partial charge in [-0.15, -0.1) is 23.5 Å². The fraction of sp³-hybridized carbons (Fsp3) is 0.529. The molecule has 23 heavy (non-hydrogen) atoms. The van der Waals surface area contributed by atoms with Gasteiger partial charge in [0.2, 0.25) is 5.91 Å². The summed E-state index contributed by atoms with van der Waals surface area (Å²) < 4.78 is 0.499. The molecule has 0 aliphatic carbocycles. The summed E-state index contributed by atoms with van der Waals surface area (Å²) in [7, 11) is 0. The van der Waals surface area contributed by atoms with Crippen molar-refractivity contribution in [3.63, 3.8) is 0 Å². The average molecular weight is 351 g/mol. The highest BCUT2D eigenvalue weighted by Gasteiger charge is 2.26. The molecule has 2 aliphatic rings. The third kappa shape index (κ3) is 4.04. The van der Waals surface area contributed by atoms with Gasteiger partial charge in [0.1, 0.15) is 0 Å². The van der Waals surface area contributed by atoms with Crippen molar-refractivity contribution in [2.24, 2.45) is 11.7 Å². The van der Waals surface area contributed by atoms with Crippen LogP contribution in [0.2, 0.25) is 0 Å². The minimum absolute atomic E-state index is 0.0587. The van der Waals surface area contributed by atoms with E-state index < -0.39 is 0 Å². The molecule has 6 heteroatoms. The van der Waals surface area contributed by atoms with E-state index in [2.05, 4.69) is 12.1 Å². The van der Waals surface area contributed by atoms with Gasteiger partial charge in [0.25, 0.3) is 5.91 Å². The number of amides is 2. The molecule has 0 atom stereocenters. The van der Waals surface area contributed by atoms with E-state index in [1.807, 2.05) is 40.6 Å². The van der Waals surface area contributed by atoms with Crippen LogP contribution in [0.5, 0.6) is 0 Å². The highest BCUT2D eigenvalue weighted by molar-refractivity contribution is 8.16. The SMILES string of the molecule is NC(=O)C1CCN(C(=O)c2ccc(C3SCCCS3)cc2)CC1. The van der Waals surface area contributed by atoms with E-state index in [-0.39, 0.29) is 17.7 Å². The number of nitrogens with zero attached hydrogens (tertiary/aromatic N) is 1. The van der Waals surface area contributed by atoms with Gasteiger partial charge in [0.05, 0.1) is 4.58 Å². The molecule has 2 N–H and O–H groups in total. The first kappa shape index (κ1) is 16.7. The van der Waals surface area contributed by atoms with Gasteiger partial charge in [0.15, 0.2) is 0 Å². The monoisotopic (exact) mass is 350 g/mol. The summed E-state index contributed by atoms with van der Waals surface area (Å²) in [5.41, 5.74) is 7.37. The maximum Gasteiger partial charge on any atom is 0.253 e. The van der Waals surface area contributed by atoms with Crippen molar-refractivity contribution < 1.29 is 9.59 Å². The molecule has 3 rings (SSSR count). The first-order valence-corrected chi connectivity index (χ1v) is 10.2. The van der Waals surface area contributed by atoms with Gasteiger partial charge in [-0.25, -0.2) is 0 Å². The lowest BCUT2D eigenvalue weighted by atomic mass is 9.96. The Morgan fingerprint density at radius 3 is 2.22 bits per heavy atom. The standard InChI is InChI=1S/C17H22N2O2S2/c18-15(20)12-6-8-19(9-7-12)16(21)13-2-4-14(5-3-13)17-22-10-1-11-23-17/h2-5,12,17H,1,6-11H2,(H2,18,20). The molecule has 2 amide bonds. The van der Waals surface area contributed by atoms with Gasteiger partial charge in [-0.3, -0.25) is 9.59 Å². The molecule has 1 aromatic rings. The molecule has 2 saturated heterocycles. The summed E-state index contributed by atoms with van der Waals surface area (Å²) in [4.78, 5) is 25.6. The lowest BCUT2D eigenvalue weighted by molar-refractivity contribution is -0.123. The number of thioether (sulfide) groups is 2. The molecule has 0 spiro atoms. The summed E-state index contributed by atoms with van der Waals surface area (Å²) in [5.74, 6) is 2.16. The molecular formula is C17H22N2O2S2. The van der Waals surface area contributed by atoms with Crippen molar-refractivity contribution in [3.8, 4) is 0 Å². The van der Waals surface area contributed by atoms with E-state index in [9.17, 15) is 9.59 Å². The zero-order valence-electron chi connectivity index (χ0n) is 13.1. The minimum atomic E-state index is -0.246. The summed E-state index contributed by atoms with van der Waals surface area (Å²) in [6, 6.07) is 8.04. The number of benzene rings is 1. The molecule has 0 bridgehead atoms. The second kappa shape index (κ2) is 7.62. The first-order valence-electron chi connectivity index (χ1n) is 8.07. The lowest BCUT2D eigenvalue weighted by Gasteiger charge is -2.30. The second-order valence-corrected chi connectivity index (χ2v) is 8.74. The van der Waals surface area contributed by atoms with Crippen molar-refractivity contribution in [1.82, 2.24) is 4.90 Å². The number of primary amides is 1. The number of likely N-dealkylation sites (tertiary alicyclic amines) is 1. The van der Waals surface area contributed by atoms with E-state index >= 15 is 0 Å². The number of nitrogens with two attached hydrogens (primary N) is 1. The van der Waals surface area contributed by atoms with Crippen LogP contribution in [0.3, 0.4) is 0 Å². The Bertz CT molecular complexity index is 562. The van der Waals surface area contributed by atoms with Crippen LogP contribution in [0, 0.1) is 5.92 Å². The maximum absolute atomic E-state index is 12.6. The molecule has 0 aromatic heterocycles. The molecule has 2 heterocycles. The zero-order chi connectivity index (χ0) is 16.2. The number of rotatable bonds is 3. The van der Waals surface area contributed by atoms with Gasteiger partial charge < -0.3 is 10.6 Å². The number of piperidine rings is 1. The van der Waals surface area contributed by atoms with E-state index in [1.165, 1.54) is 23.5 Å². The minimum Gasteiger partial charge on any atom is -0.369 e. The zero-order valence-corrected chi connectivity index (χ0v) is 14.7. The fourth-order valence-corrected chi connectivity index (χ4v) is 5.91. The van der Waals surface area contributed by atoms with Crippen molar-refractivity contribution >= 4 is 35.3 Å². The Morgan fingerprint density at radius 2 is 1.65 bits per heavy atom. The third-order valence-corrected chi connectivity index (χ3v) is 7.46. The Labute approximate surface area is 145 Å². The van der Waals surface area contributed by atoms with Crippen LogP contribution in [0.25, 0.3) is 0 Å². The van der Waals surface area contributed by atoms with Gasteiger partial charge >= 0.3 is 0 Å². The van der Waals surface area contributed by atoms with Crippen molar-refractivity contribution in [2.45, 2.75) is 23.8 Å². The molecule has 2 fully saturated rings. The van der Waals surface area contributed by atoms with Crippen LogP contribution in [0.15, 0.2) is 24.3 Å². The normalized spacial score (nSPS) is 20.4. The molecule has 124 valence electrons. The molecule has 1 aromatic carbocycles. The van der Waals surface area contributed by atoms with Crippen LogP contribution in [0.4, 0.5) is 0 Å². The second-order valence-electron chi connectivity index (χ2n) is 6.02. The van der Waals surface area contributed by atoms with Crippen molar-refractivity contribution in [1.29, 1.82) is 0 Å². The summed E-state index contributed by atoms with van der Waals surface area (Å²) in [5, 5.41) is 0. The van der Waals surface area contributed by atoms with E-state index in [1.54, 1.807) is 0 Å². The highest BCUT2D eigenvalue weighted by atomic mass is 32.2. The number of carbonyl (C=O) groups is 2. The van der Waals surface area contributed by atoms with Gasteiger partial charge in [-0.1, -0.05) is 12.1 Å². The number of carbonyl (C=O) groups excluding carboxylic acids is 2. The molecule has 2 aliphatic heterocycles. The lowest BCUT2D eigenvalue weighted by Crippen LogP contribution is -2.41. The Hall–Kier alpha value is -1.14. The average Bonchev–Trinajstić information content (AvgIpc) is 2.62. The van der Waals surface area contributed by atoms with Gasteiger partial charge in [0, 0.05) is 24.6 Å². The van der Waals surface area contributed by atoms with E-state index in [0.29, 0.717) is 30.5 Å². The number of hydrogen-bond acceptors (Lipinski definition) is 4. The van der Waals surface area contributed by atoms with Crippen LogP contribution in [0.1, 0.15) is 39.8 Å². The molecule has 0 radical (unpaired) electrons. The van der Waals surface area contributed by atoms with Crippen LogP contribution in [-0.2, 0) is 4.79 Å². The predicted molar refractivity (Wildman–Crippen MR) is 96.5 cm³/mol. The maximum atomic E-state index is 12.6. The van der Waals surface area contributed by atoms with Gasteiger partial charge in [-0.2, -0.15) is 0 Å². The van der Waals surface area contributed by atoms with E-state index in [0.717, 1.165) is 5.56 Å². The molecule has 4 nitrogen and oxygen atoms in total. The highest BCUT2D eigenvalue weighted by Crippen LogP contribution is 2.43. The topological polar surface area (TPSA) is 63.4 Å². The van der Waals surface area contributed by atoms with Gasteiger partial charge in [-0.05, 0) is 48.5 Å². The number of hydrogen-bond donors (Lipinski definition) is 1. The van der Waals surface area contributed by atoms with Crippen LogP contribution >= 0.6 is 23.5 Å². The van der Waals surface area contributed by atoms with Crippen molar-refractivity contribution in [3.05, 3.63) is 35.4 Å². The summed E-state index contributed by atoms with van der Waals surface area (Å²) in [6.07, 6.45) is 2.63. The van der Waals surface area contributed by atoms with Crippen LogP contribution in [-0.4, -0.2) is 41.3 Å². The summed E-state index contributed by atoms with van der Waals surface area (Å²) in [6.45, 7) is 1.23. The smallest absolute Gasteiger partial charge is 0.253 e. The summed E-state index contributed by atoms with van der Waals surface area (Å²) >= 11 is 3.97. The third-order valence-electron chi connectivity index (χ3n) is 4.44. The molecule has 0 saturated carbocycles. The molecular weight excluding hydrogens is 328 g/mol. The molecule has 0 unspecified atom stereocenters. The first-order chi connectivity index (χ1) is 11.1. The predicted octanol–water partition coefficient (Wildman–Crippen LogP) is 2.89. The van der Waals surface area contributed by atoms with Crippen molar-refractivity contribution in [2.75, 3.05) is 24.6 Å². The largest absolute Gasteiger partial charge is 0.369 e. The Morgan fingerprint density at radius 1 is 1.04 bits per heavy atom. The quantitative estimate of drug-likeness (QED) is 0.910.